The first-order valence-electron chi connectivity index (χ1n) is 8.80. The number of amides is 1. The lowest BCUT2D eigenvalue weighted by Crippen LogP contribution is -2.12. The predicted octanol–water partition coefficient (Wildman–Crippen LogP) is 5.41. The summed E-state index contributed by atoms with van der Waals surface area (Å²) in [5, 5.41) is 4.17. The third kappa shape index (κ3) is 3.52. The number of aryl methyl sites for hydroxylation is 1. The summed E-state index contributed by atoms with van der Waals surface area (Å²) in [6.45, 7) is 0. The maximum atomic E-state index is 12.3. The summed E-state index contributed by atoms with van der Waals surface area (Å²) in [5.74, 6) is 0.0303. The standard InChI is InChI=1S/C23H20N2O/c26-23(15-12-19-16-24-22-9-5-4-8-21(19)22)25-20-13-10-18(11-14-20)17-6-2-1-3-7-17/h1-11,13-14,16,24H,12,15H2,(H,25,26). The van der Waals surface area contributed by atoms with Crippen LogP contribution in [0.3, 0.4) is 0 Å². The number of aromatic nitrogens is 1. The Kier molecular flexibility index (Phi) is 4.52. The Morgan fingerprint density at radius 2 is 1.50 bits per heavy atom. The molecule has 0 atom stereocenters. The zero-order chi connectivity index (χ0) is 17.8. The lowest BCUT2D eigenvalue weighted by Gasteiger charge is -2.07. The molecule has 0 saturated carbocycles. The van der Waals surface area contributed by atoms with Gasteiger partial charge in [0.25, 0.3) is 0 Å². The van der Waals surface area contributed by atoms with Crippen molar-refractivity contribution in [3.8, 4) is 11.1 Å². The van der Waals surface area contributed by atoms with Gasteiger partial charge in [-0.15, -0.1) is 0 Å². The highest BCUT2D eigenvalue weighted by Crippen LogP contribution is 2.22. The molecule has 26 heavy (non-hydrogen) atoms. The SMILES string of the molecule is O=C(CCc1c[nH]c2ccccc12)Nc1ccc(-c2ccccc2)cc1. The predicted molar refractivity (Wildman–Crippen MR) is 107 cm³/mol. The molecule has 1 amide bonds. The highest BCUT2D eigenvalue weighted by atomic mass is 16.1. The summed E-state index contributed by atoms with van der Waals surface area (Å²) in [7, 11) is 0. The molecule has 0 radical (unpaired) electrons. The van der Waals surface area contributed by atoms with Crippen LogP contribution in [0, 0.1) is 0 Å². The molecular formula is C23H20N2O. The second-order valence-electron chi connectivity index (χ2n) is 6.35. The number of hydrogen-bond acceptors (Lipinski definition) is 1. The van der Waals surface area contributed by atoms with E-state index in [0.717, 1.165) is 23.2 Å². The molecule has 0 aliphatic carbocycles. The van der Waals surface area contributed by atoms with Crippen LogP contribution < -0.4 is 5.32 Å². The minimum Gasteiger partial charge on any atom is -0.361 e. The molecule has 0 bridgehead atoms. The molecule has 0 spiro atoms. The molecule has 1 heterocycles. The van der Waals surface area contributed by atoms with Gasteiger partial charge in [-0.25, -0.2) is 0 Å². The number of anilines is 1. The first-order valence-corrected chi connectivity index (χ1v) is 8.80. The number of nitrogens with one attached hydrogen (secondary N) is 2. The summed E-state index contributed by atoms with van der Waals surface area (Å²) in [6, 6.07) is 26.3. The van der Waals surface area contributed by atoms with Gasteiger partial charge in [-0.3, -0.25) is 4.79 Å². The molecule has 3 aromatic carbocycles. The van der Waals surface area contributed by atoms with E-state index in [1.54, 1.807) is 0 Å². The first-order chi connectivity index (χ1) is 12.8. The second-order valence-corrected chi connectivity index (χ2v) is 6.35. The topological polar surface area (TPSA) is 44.9 Å². The van der Waals surface area contributed by atoms with Gasteiger partial charge in [-0.1, -0.05) is 60.7 Å². The van der Waals surface area contributed by atoms with Crippen LogP contribution in [-0.4, -0.2) is 10.9 Å². The van der Waals surface area contributed by atoms with Crippen molar-refractivity contribution < 1.29 is 4.79 Å². The van der Waals surface area contributed by atoms with Crippen molar-refractivity contribution in [1.29, 1.82) is 0 Å². The van der Waals surface area contributed by atoms with Gasteiger partial charge in [-0.05, 0) is 41.3 Å². The Morgan fingerprint density at radius 1 is 0.808 bits per heavy atom. The third-order valence-electron chi connectivity index (χ3n) is 4.57. The van der Waals surface area contributed by atoms with Gasteiger partial charge in [0.1, 0.15) is 0 Å². The monoisotopic (exact) mass is 340 g/mol. The molecule has 0 aliphatic rings. The van der Waals surface area contributed by atoms with E-state index in [1.165, 1.54) is 16.5 Å². The third-order valence-corrected chi connectivity index (χ3v) is 4.57. The maximum Gasteiger partial charge on any atom is 0.224 e. The Hall–Kier alpha value is -3.33. The summed E-state index contributed by atoms with van der Waals surface area (Å²) >= 11 is 0. The van der Waals surface area contributed by atoms with Gasteiger partial charge < -0.3 is 10.3 Å². The number of rotatable bonds is 5. The Bertz CT molecular complexity index is 1020. The van der Waals surface area contributed by atoms with Crippen molar-refractivity contribution in [3.63, 3.8) is 0 Å². The van der Waals surface area contributed by atoms with Crippen molar-refractivity contribution in [3.05, 3.63) is 90.6 Å². The van der Waals surface area contributed by atoms with Gasteiger partial charge in [0.2, 0.25) is 5.91 Å². The fraction of sp³-hybridized carbons (Fsp3) is 0.0870. The van der Waals surface area contributed by atoms with E-state index < -0.39 is 0 Å². The first kappa shape index (κ1) is 16.2. The van der Waals surface area contributed by atoms with E-state index in [4.69, 9.17) is 0 Å². The zero-order valence-electron chi connectivity index (χ0n) is 14.4. The number of benzene rings is 3. The van der Waals surface area contributed by atoms with Crippen LogP contribution in [0.25, 0.3) is 22.0 Å². The van der Waals surface area contributed by atoms with E-state index in [9.17, 15) is 4.79 Å². The normalized spacial score (nSPS) is 10.8. The number of carbonyl (C=O) groups excluding carboxylic acids is 1. The molecule has 0 saturated heterocycles. The van der Waals surface area contributed by atoms with Crippen LogP contribution in [-0.2, 0) is 11.2 Å². The summed E-state index contributed by atoms with van der Waals surface area (Å²) in [6.07, 6.45) is 3.17. The van der Waals surface area contributed by atoms with Crippen LogP contribution in [0.1, 0.15) is 12.0 Å². The molecule has 0 fully saturated rings. The molecule has 4 aromatic rings. The second kappa shape index (κ2) is 7.28. The average molecular weight is 340 g/mol. The van der Waals surface area contributed by atoms with Crippen LogP contribution in [0.4, 0.5) is 5.69 Å². The van der Waals surface area contributed by atoms with Crippen LogP contribution in [0.2, 0.25) is 0 Å². The van der Waals surface area contributed by atoms with Crippen molar-refractivity contribution in [2.24, 2.45) is 0 Å². The van der Waals surface area contributed by atoms with Crippen molar-refractivity contribution in [2.45, 2.75) is 12.8 Å². The quantitative estimate of drug-likeness (QED) is 0.501. The molecule has 128 valence electrons. The minimum absolute atomic E-state index is 0.0303. The molecule has 4 rings (SSSR count). The van der Waals surface area contributed by atoms with Crippen molar-refractivity contribution >= 4 is 22.5 Å². The zero-order valence-corrected chi connectivity index (χ0v) is 14.4. The average Bonchev–Trinajstić information content (AvgIpc) is 3.11. The Labute approximate surface area is 152 Å². The number of H-pyrrole nitrogens is 1. The van der Waals surface area contributed by atoms with Crippen LogP contribution in [0.5, 0.6) is 0 Å². The Morgan fingerprint density at radius 3 is 2.31 bits per heavy atom. The Balaban J connectivity index is 1.37. The highest BCUT2D eigenvalue weighted by molar-refractivity contribution is 5.92. The molecule has 3 heteroatoms. The summed E-state index contributed by atoms with van der Waals surface area (Å²) in [4.78, 5) is 15.5. The van der Waals surface area contributed by atoms with E-state index in [-0.39, 0.29) is 5.91 Å². The fourth-order valence-corrected chi connectivity index (χ4v) is 3.19. The van der Waals surface area contributed by atoms with Gasteiger partial charge in [-0.2, -0.15) is 0 Å². The molecule has 3 nitrogen and oxygen atoms in total. The minimum atomic E-state index is 0.0303. The van der Waals surface area contributed by atoms with Gasteiger partial charge in [0.15, 0.2) is 0 Å². The van der Waals surface area contributed by atoms with Gasteiger partial charge >= 0.3 is 0 Å². The van der Waals surface area contributed by atoms with E-state index in [0.29, 0.717) is 6.42 Å². The lowest BCUT2D eigenvalue weighted by molar-refractivity contribution is -0.116. The van der Waals surface area contributed by atoms with E-state index in [1.807, 2.05) is 66.9 Å². The lowest BCUT2D eigenvalue weighted by atomic mass is 10.1. The number of fused-ring (bicyclic) bond motifs is 1. The summed E-state index contributed by atoms with van der Waals surface area (Å²) in [5.41, 5.74) is 5.43. The molecule has 2 N–H and O–H groups in total. The van der Waals surface area contributed by atoms with Crippen molar-refractivity contribution in [2.75, 3.05) is 5.32 Å². The molecule has 0 aliphatic heterocycles. The smallest absolute Gasteiger partial charge is 0.224 e. The number of carbonyl (C=O) groups is 1. The number of para-hydroxylation sites is 1. The molecule has 0 unspecified atom stereocenters. The van der Waals surface area contributed by atoms with E-state index >= 15 is 0 Å². The fourth-order valence-electron chi connectivity index (χ4n) is 3.19. The van der Waals surface area contributed by atoms with Crippen molar-refractivity contribution in [1.82, 2.24) is 4.98 Å². The van der Waals surface area contributed by atoms with Crippen LogP contribution in [0.15, 0.2) is 85.1 Å². The summed E-state index contributed by atoms with van der Waals surface area (Å²) < 4.78 is 0. The number of hydrogen-bond donors (Lipinski definition) is 2. The number of aromatic amines is 1. The largest absolute Gasteiger partial charge is 0.361 e. The molecular weight excluding hydrogens is 320 g/mol. The van der Waals surface area contributed by atoms with Gasteiger partial charge in [0, 0.05) is 29.2 Å². The highest BCUT2D eigenvalue weighted by Gasteiger charge is 2.07. The van der Waals surface area contributed by atoms with E-state index in [2.05, 4.69) is 28.5 Å². The van der Waals surface area contributed by atoms with Crippen LogP contribution >= 0.6 is 0 Å². The molecule has 1 aromatic heterocycles. The van der Waals surface area contributed by atoms with Gasteiger partial charge in [0.05, 0.1) is 0 Å². The maximum absolute atomic E-state index is 12.3.